The van der Waals surface area contributed by atoms with Gasteiger partial charge in [0.15, 0.2) is 5.60 Å². The fraction of sp³-hybridized carbons (Fsp3) is 0.364. The molecule has 0 radical (unpaired) electrons. The SMILES string of the molecule is O=C1OC2(CCCN(C(=O)CCc3ccc(C(F)(F)F)cc3)C2)c2ccccc21. The van der Waals surface area contributed by atoms with Gasteiger partial charge in [-0.25, -0.2) is 4.79 Å². The summed E-state index contributed by atoms with van der Waals surface area (Å²) in [6.45, 7) is 0.884. The molecule has 1 unspecified atom stereocenters. The number of aryl methyl sites for hydroxylation is 1. The lowest BCUT2D eigenvalue weighted by molar-refractivity contribution is -0.139. The van der Waals surface area contributed by atoms with E-state index in [1.54, 1.807) is 17.0 Å². The summed E-state index contributed by atoms with van der Waals surface area (Å²) in [6, 6.07) is 12.1. The number of benzene rings is 2. The zero-order valence-corrected chi connectivity index (χ0v) is 15.7. The zero-order chi connectivity index (χ0) is 20.6. The van der Waals surface area contributed by atoms with E-state index in [9.17, 15) is 22.8 Å². The molecule has 0 aliphatic carbocycles. The van der Waals surface area contributed by atoms with Crippen LogP contribution in [-0.4, -0.2) is 29.9 Å². The molecule has 1 amide bonds. The van der Waals surface area contributed by atoms with Crippen LogP contribution >= 0.6 is 0 Å². The molecule has 0 bridgehead atoms. The predicted molar refractivity (Wildman–Crippen MR) is 99.1 cm³/mol. The van der Waals surface area contributed by atoms with Crippen molar-refractivity contribution < 1.29 is 27.5 Å². The second-order valence-electron chi connectivity index (χ2n) is 7.54. The Bertz CT molecular complexity index is 939. The first-order valence-corrected chi connectivity index (χ1v) is 9.55. The lowest BCUT2D eigenvalue weighted by Gasteiger charge is -2.39. The van der Waals surface area contributed by atoms with Crippen molar-refractivity contribution in [3.8, 4) is 0 Å². The van der Waals surface area contributed by atoms with Crippen molar-refractivity contribution in [3.63, 3.8) is 0 Å². The van der Waals surface area contributed by atoms with Crippen molar-refractivity contribution in [2.24, 2.45) is 0 Å². The molecule has 4 rings (SSSR count). The number of hydrogen-bond acceptors (Lipinski definition) is 3. The Morgan fingerprint density at radius 1 is 1.10 bits per heavy atom. The first-order valence-electron chi connectivity index (χ1n) is 9.55. The first-order chi connectivity index (χ1) is 13.8. The molecule has 2 heterocycles. The first kappa shape index (κ1) is 19.5. The topological polar surface area (TPSA) is 46.6 Å². The lowest BCUT2D eigenvalue weighted by Crippen LogP contribution is -2.48. The van der Waals surface area contributed by atoms with Crippen LogP contribution in [0.15, 0.2) is 48.5 Å². The number of likely N-dealkylation sites (tertiary alicyclic amines) is 1. The molecular formula is C22H20F3NO3. The van der Waals surface area contributed by atoms with E-state index in [0.717, 1.165) is 17.7 Å². The standard InChI is InChI=1S/C22H20F3NO3/c23-22(24,25)16-9-6-15(7-10-16)8-11-19(27)26-13-3-12-21(14-26)18-5-2-1-4-17(18)20(28)29-21/h1-2,4-7,9-10H,3,8,11-14H2. The number of esters is 1. The second kappa shape index (κ2) is 7.21. The summed E-state index contributed by atoms with van der Waals surface area (Å²) < 4.78 is 43.7. The molecule has 1 spiro atoms. The van der Waals surface area contributed by atoms with Crippen molar-refractivity contribution in [2.75, 3.05) is 13.1 Å². The minimum absolute atomic E-state index is 0.0931. The molecule has 2 aromatic rings. The smallest absolute Gasteiger partial charge is 0.416 e. The number of piperidine rings is 1. The molecule has 0 aromatic heterocycles. The van der Waals surface area contributed by atoms with E-state index in [1.165, 1.54) is 12.1 Å². The molecule has 1 atom stereocenters. The van der Waals surface area contributed by atoms with Gasteiger partial charge in [-0.1, -0.05) is 30.3 Å². The van der Waals surface area contributed by atoms with Crippen LogP contribution in [0.25, 0.3) is 0 Å². The summed E-state index contributed by atoms with van der Waals surface area (Å²) in [4.78, 5) is 26.7. The number of rotatable bonds is 3. The maximum absolute atomic E-state index is 12.7. The summed E-state index contributed by atoms with van der Waals surface area (Å²) in [7, 11) is 0. The van der Waals surface area contributed by atoms with Gasteiger partial charge in [-0.2, -0.15) is 13.2 Å². The molecule has 0 saturated carbocycles. The summed E-state index contributed by atoms with van der Waals surface area (Å²) >= 11 is 0. The number of hydrogen-bond donors (Lipinski definition) is 0. The van der Waals surface area contributed by atoms with Gasteiger partial charge >= 0.3 is 12.1 Å². The number of carbonyl (C=O) groups is 2. The third kappa shape index (κ3) is 3.73. The highest BCUT2D eigenvalue weighted by Crippen LogP contribution is 2.42. The number of alkyl halides is 3. The maximum atomic E-state index is 12.7. The van der Waals surface area contributed by atoms with Crippen molar-refractivity contribution in [1.82, 2.24) is 4.90 Å². The van der Waals surface area contributed by atoms with Crippen LogP contribution in [0.2, 0.25) is 0 Å². The lowest BCUT2D eigenvalue weighted by atomic mass is 9.85. The van der Waals surface area contributed by atoms with E-state index in [2.05, 4.69) is 0 Å². The van der Waals surface area contributed by atoms with Crippen molar-refractivity contribution in [3.05, 3.63) is 70.8 Å². The van der Waals surface area contributed by atoms with Crippen LogP contribution in [0.5, 0.6) is 0 Å². The van der Waals surface area contributed by atoms with Crippen molar-refractivity contribution in [2.45, 2.75) is 37.5 Å². The van der Waals surface area contributed by atoms with Crippen LogP contribution in [0.3, 0.4) is 0 Å². The monoisotopic (exact) mass is 403 g/mol. The average Bonchev–Trinajstić information content (AvgIpc) is 2.97. The van der Waals surface area contributed by atoms with Crippen molar-refractivity contribution in [1.29, 1.82) is 0 Å². The zero-order valence-electron chi connectivity index (χ0n) is 15.7. The highest BCUT2D eigenvalue weighted by Gasteiger charge is 2.48. The van der Waals surface area contributed by atoms with E-state index in [-0.39, 0.29) is 18.3 Å². The van der Waals surface area contributed by atoms with E-state index in [1.807, 2.05) is 12.1 Å². The van der Waals surface area contributed by atoms with Gasteiger partial charge in [0.25, 0.3) is 0 Å². The molecule has 2 aliphatic rings. The van der Waals surface area contributed by atoms with Gasteiger partial charge in [-0.05, 0) is 43.0 Å². The molecule has 152 valence electrons. The van der Waals surface area contributed by atoms with Crippen LogP contribution in [0.1, 0.15) is 46.3 Å². The molecular weight excluding hydrogens is 383 g/mol. The van der Waals surface area contributed by atoms with Crippen LogP contribution in [0.4, 0.5) is 13.2 Å². The van der Waals surface area contributed by atoms with Crippen LogP contribution in [0, 0.1) is 0 Å². The van der Waals surface area contributed by atoms with Crippen LogP contribution in [-0.2, 0) is 27.7 Å². The third-order valence-corrected chi connectivity index (χ3v) is 5.64. The largest absolute Gasteiger partial charge is 0.449 e. The normalized spacial score (nSPS) is 21.2. The Kier molecular flexibility index (Phi) is 4.84. The highest BCUT2D eigenvalue weighted by atomic mass is 19.4. The van der Waals surface area contributed by atoms with E-state index in [4.69, 9.17) is 4.74 Å². The number of fused-ring (bicyclic) bond motifs is 2. The molecule has 2 aromatic carbocycles. The van der Waals surface area contributed by atoms with E-state index >= 15 is 0 Å². The van der Waals surface area contributed by atoms with Gasteiger partial charge in [-0.3, -0.25) is 4.79 Å². The summed E-state index contributed by atoms with van der Waals surface area (Å²) in [5.41, 5.74) is 0.551. The third-order valence-electron chi connectivity index (χ3n) is 5.64. The Labute approximate surface area is 166 Å². The number of halogens is 3. The Morgan fingerprint density at radius 2 is 1.83 bits per heavy atom. The molecule has 4 nitrogen and oxygen atoms in total. The summed E-state index contributed by atoms with van der Waals surface area (Å²) in [6.07, 6.45) is -2.44. The van der Waals surface area contributed by atoms with Gasteiger partial charge in [0.05, 0.1) is 17.7 Å². The number of carbonyl (C=O) groups excluding carboxylic acids is 2. The van der Waals surface area contributed by atoms with E-state index in [0.29, 0.717) is 43.5 Å². The van der Waals surface area contributed by atoms with E-state index < -0.39 is 17.3 Å². The number of amides is 1. The molecule has 1 saturated heterocycles. The molecule has 7 heteroatoms. The Hall–Kier alpha value is -2.83. The van der Waals surface area contributed by atoms with Crippen molar-refractivity contribution >= 4 is 11.9 Å². The summed E-state index contributed by atoms with van der Waals surface area (Å²) in [5, 5.41) is 0. The van der Waals surface area contributed by atoms with Crippen LogP contribution < -0.4 is 0 Å². The molecule has 29 heavy (non-hydrogen) atoms. The minimum atomic E-state index is -4.37. The predicted octanol–water partition coefficient (Wildman–Crippen LogP) is 4.33. The quantitative estimate of drug-likeness (QED) is 0.717. The number of ether oxygens (including phenoxy) is 1. The van der Waals surface area contributed by atoms with Gasteiger partial charge in [-0.15, -0.1) is 0 Å². The molecule has 0 N–H and O–H groups in total. The summed E-state index contributed by atoms with van der Waals surface area (Å²) in [5.74, 6) is -0.455. The average molecular weight is 403 g/mol. The second-order valence-corrected chi connectivity index (χ2v) is 7.54. The minimum Gasteiger partial charge on any atom is -0.449 e. The maximum Gasteiger partial charge on any atom is 0.416 e. The fourth-order valence-corrected chi connectivity index (χ4v) is 4.15. The molecule has 2 aliphatic heterocycles. The Balaban J connectivity index is 1.42. The number of nitrogens with zero attached hydrogens (tertiary/aromatic N) is 1. The molecule has 1 fully saturated rings. The Morgan fingerprint density at radius 3 is 2.55 bits per heavy atom. The van der Waals surface area contributed by atoms with Gasteiger partial charge < -0.3 is 9.64 Å². The van der Waals surface area contributed by atoms with Gasteiger partial charge in [0.1, 0.15) is 0 Å². The fourth-order valence-electron chi connectivity index (χ4n) is 4.15. The van der Waals surface area contributed by atoms with Gasteiger partial charge in [0.2, 0.25) is 5.91 Å². The van der Waals surface area contributed by atoms with Gasteiger partial charge in [0, 0.05) is 18.5 Å². The highest BCUT2D eigenvalue weighted by molar-refractivity contribution is 5.95.